The fourth-order valence-electron chi connectivity index (χ4n) is 2.25. The van der Waals surface area contributed by atoms with Crippen molar-refractivity contribution in [3.63, 3.8) is 0 Å². The average Bonchev–Trinajstić information content (AvgIpc) is 2.58. The Morgan fingerprint density at radius 2 is 2.04 bits per heavy atom. The quantitative estimate of drug-likeness (QED) is 0.580. The zero-order valence-corrected chi connectivity index (χ0v) is 15.0. The van der Waals surface area contributed by atoms with E-state index >= 15 is 0 Å². The summed E-state index contributed by atoms with van der Waals surface area (Å²) in [6.45, 7) is 4.07. The normalized spacial score (nSPS) is 15.5. The summed E-state index contributed by atoms with van der Waals surface area (Å²) in [5, 5.41) is 2.80. The van der Waals surface area contributed by atoms with E-state index < -0.39 is 0 Å². The Bertz CT molecular complexity index is 616. The largest absolute Gasteiger partial charge is 0.381 e. The molecule has 1 heterocycles. The lowest BCUT2D eigenvalue weighted by Crippen LogP contribution is -2.31. The van der Waals surface area contributed by atoms with E-state index in [1.165, 1.54) is 17.8 Å². The number of hydrogen-bond acceptors (Lipinski definition) is 4. The topological polar surface area (TPSA) is 58.6 Å². The minimum Gasteiger partial charge on any atom is -0.381 e. The van der Waals surface area contributed by atoms with Crippen LogP contribution in [0.2, 0.25) is 0 Å². The summed E-state index contributed by atoms with van der Waals surface area (Å²) in [7, 11) is 1.72. The van der Waals surface area contributed by atoms with Crippen LogP contribution in [0.4, 0.5) is 5.69 Å². The molecule has 1 N–H and O–H groups in total. The van der Waals surface area contributed by atoms with E-state index in [0.29, 0.717) is 18.1 Å². The second kappa shape index (κ2) is 9.49. The average molecular weight is 348 g/mol. The van der Waals surface area contributed by atoms with E-state index in [-0.39, 0.29) is 11.8 Å². The highest BCUT2D eigenvalue weighted by Gasteiger charge is 2.26. The number of amides is 2. The number of likely N-dealkylation sites (N-methyl/N-ethyl adjacent to an activating group) is 1. The van der Waals surface area contributed by atoms with Crippen molar-refractivity contribution in [3.8, 4) is 0 Å². The van der Waals surface area contributed by atoms with Crippen LogP contribution in [-0.4, -0.2) is 38.6 Å². The third-order valence-electron chi connectivity index (χ3n) is 3.63. The summed E-state index contributed by atoms with van der Waals surface area (Å²) in [5.41, 5.74) is 0.870. The lowest BCUT2D eigenvalue weighted by Gasteiger charge is -2.26. The Balaban J connectivity index is 1.83. The van der Waals surface area contributed by atoms with Gasteiger partial charge in [0.1, 0.15) is 0 Å². The third-order valence-corrected chi connectivity index (χ3v) is 4.71. The van der Waals surface area contributed by atoms with Crippen molar-refractivity contribution in [2.45, 2.75) is 31.1 Å². The van der Waals surface area contributed by atoms with Gasteiger partial charge < -0.3 is 15.0 Å². The number of para-hydroxylation sites is 1. The number of benzene rings is 1. The number of anilines is 1. The highest BCUT2D eigenvalue weighted by atomic mass is 32.2. The van der Waals surface area contributed by atoms with Crippen LogP contribution in [-0.2, 0) is 14.3 Å². The first kappa shape index (κ1) is 18.5. The molecule has 130 valence electrons. The molecule has 6 heteroatoms. The fraction of sp³-hybridized carbons (Fsp3) is 0.444. The maximum absolute atomic E-state index is 12.3. The molecule has 0 saturated carbocycles. The molecule has 0 unspecified atom stereocenters. The molecule has 0 spiro atoms. The summed E-state index contributed by atoms with van der Waals surface area (Å²) >= 11 is 1.33. The third kappa shape index (κ3) is 5.11. The Kier molecular flexibility index (Phi) is 7.34. The molecule has 0 radical (unpaired) electrons. The van der Waals surface area contributed by atoms with Crippen molar-refractivity contribution in [1.82, 2.24) is 5.32 Å². The number of carbonyl (C=O) groups excluding carboxylic acids is 2. The van der Waals surface area contributed by atoms with E-state index in [2.05, 4.69) is 12.2 Å². The predicted molar refractivity (Wildman–Crippen MR) is 97.1 cm³/mol. The van der Waals surface area contributed by atoms with Gasteiger partial charge in [0, 0.05) is 37.8 Å². The number of nitrogens with zero attached hydrogens (tertiary/aromatic N) is 1. The van der Waals surface area contributed by atoms with E-state index in [4.69, 9.17) is 4.74 Å². The molecule has 0 bridgehead atoms. The van der Waals surface area contributed by atoms with Crippen LogP contribution in [0.1, 0.15) is 26.2 Å². The fourth-order valence-corrected chi connectivity index (χ4v) is 3.34. The minimum absolute atomic E-state index is 0.156. The van der Waals surface area contributed by atoms with Crippen LogP contribution in [0.25, 0.3) is 0 Å². The standard InChI is InChI=1S/C18H24N2O3S/c1-3-4-11-23-12-7-10-19-17(21)13-16-18(22)20(2)14-8-5-6-9-15(14)24-16/h5-6,8-9,13H,3-4,7,10-12H2,1-2H3,(H,19,21)/b16-13+. The highest BCUT2D eigenvalue weighted by Crippen LogP contribution is 2.40. The van der Waals surface area contributed by atoms with Gasteiger partial charge in [-0.2, -0.15) is 0 Å². The van der Waals surface area contributed by atoms with Gasteiger partial charge in [-0.1, -0.05) is 37.2 Å². The summed E-state index contributed by atoms with van der Waals surface area (Å²) in [4.78, 5) is 27.3. The molecule has 0 aliphatic carbocycles. The number of thioether (sulfide) groups is 1. The van der Waals surface area contributed by atoms with Crippen molar-refractivity contribution in [1.29, 1.82) is 0 Å². The summed E-state index contributed by atoms with van der Waals surface area (Å²) in [6, 6.07) is 7.66. The number of rotatable bonds is 8. The van der Waals surface area contributed by atoms with Crippen LogP contribution in [0.5, 0.6) is 0 Å². The van der Waals surface area contributed by atoms with Crippen LogP contribution >= 0.6 is 11.8 Å². The number of nitrogens with one attached hydrogen (secondary N) is 1. The van der Waals surface area contributed by atoms with Crippen LogP contribution in [0, 0.1) is 0 Å². The van der Waals surface area contributed by atoms with Crippen molar-refractivity contribution in [3.05, 3.63) is 35.2 Å². The van der Waals surface area contributed by atoms with Gasteiger partial charge in [-0.3, -0.25) is 9.59 Å². The van der Waals surface area contributed by atoms with Crippen molar-refractivity contribution < 1.29 is 14.3 Å². The van der Waals surface area contributed by atoms with E-state index in [9.17, 15) is 9.59 Å². The highest BCUT2D eigenvalue weighted by molar-refractivity contribution is 8.04. The van der Waals surface area contributed by atoms with E-state index in [1.807, 2.05) is 24.3 Å². The van der Waals surface area contributed by atoms with Crippen LogP contribution < -0.4 is 10.2 Å². The molecule has 2 rings (SSSR count). The number of ether oxygens (including phenoxy) is 1. The Hall–Kier alpha value is -1.79. The summed E-state index contributed by atoms with van der Waals surface area (Å²) < 4.78 is 5.44. The maximum atomic E-state index is 12.3. The first-order chi connectivity index (χ1) is 11.6. The zero-order valence-electron chi connectivity index (χ0n) is 14.2. The van der Waals surface area contributed by atoms with Crippen LogP contribution in [0.3, 0.4) is 0 Å². The molecule has 1 aromatic rings. The van der Waals surface area contributed by atoms with Gasteiger partial charge >= 0.3 is 0 Å². The number of fused-ring (bicyclic) bond motifs is 1. The number of carbonyl (C=O) groups is 2. The van der Waals surface area contributed by atoms with E-state index in [0.717, 1.165) is 36.5 Å². The molecule has 0 saturated heterocycles. The molecule has 2 amide bonds. The number of hydrogen-bond donors (Lipinski definition) is 1. The first-order valence-electron chi connectivity index (χ1n) is 8.25. The second-order valence-corrected chi connectivity index (χ2v) is 6.64. The lowest BCUT2D eigenvalue weighted by atomic mass is 10.2. The molecule has 0 atom stereocenters. The maximum Gasteiger partial charge on any atom is 0.265 e. The molecule has 5 nitrogen and oxygen atoms in total. The van der Waals surface area contributed by atoms with Gasteiger partial charge in [-0.15, -0.1) is 0 Å². The van der Waals surface area contributed by atoms with Gasteiger partial charge in [0.2, 0.25) is 5.91 Å². The molecular weight excluding hydrogens is 324 g/mol. The molecule has 0 fully saturated rings. The van der Waals surface area contributed by atoms with Crippen molar-refractivity contribution >= 4 is 29.3 Å². The van der Waals surface area contributed by atoms with Gasteiger partial charge in [-0.05, 0) is 25.0 Å². The molecular formula is C18H24N2O3S. The summed E-state index contributed by atoms with van der Waals surface area (Å²) in [5.74, 6) is -0.399. The Morgan fingerprint density at radius 1 is 1.29 bits per heavy atom. The SMILES string of the molecule is CCCCOCCCNC(=O)/C=C1/Sc2ccccc2N(C)C1=O. The van der Waals surface area contributed by atoms with Crippen LogP contribution in [0.15, 0.2) is 40.1 Å². The zero-order chi connectivity index (χ0) is 17.4. The molecule has 24 heavy (non-hydrogen) atoms. The summed E-state index contributed by atoms with van der Waals surface area (Å²) in [6.07, 6.45) is 4.33. The van der Waals surface area contributed by atoms with Gasteiger partial charge in [-0.25, -0.2) is 0 Å². The second-order valence-electron chi connectivity index (χ2n) is 5.55. The number of unbranched alkanes of at least 4 members (excludes halogenated alkanes) is 1. The lowest BCUT2D eigenvalue weighted by molar-refractivity contribution is -0.118. The Morgan fingerprint density at radius 3 is 2.83 bits per heavy atom. The molecule has 1 aliphatic heterocycles. The van der Waals surface area contributed by atoms with E-state index in [1.54, 1.807) is 11.9 Å². The van der Waals surface area contributed by atoms with Gasteiger partial charge in [0.05, 0.1) is 10.6 Å². The molecule has 0 aromatic heterocycles. The molecule has 1 aromatic carbocycles. The Labute approximate surface area is 147 Å². The first-order valence-corrected chi connectivity index (χ1v) is 9.07. The predicted octanol–water partition coefficient (Wildman–Crippen LogP) is 2.96. The smallest absolute Gasteiger partial charge is 0.265 e. The van der Waals surface area contributed by atoms with Gasteiger partial charge in [0.15, 0.2) is 0 Å². The molecule has 1 aliphatic rings. The minimum atomic E-state index is -0.243. The van der Waals surface area contributed by atoms with Crippen molar-refractivity contribution in [2.24, 2.45) is 0 Å². The van der Waals surface area contributed by atoms with Gasteiger partial charge in [0.25, 0.3) is 5.91 Å². The monoisotopic (exact) mass is 348 g/mol. The van der Waals surface area contributed by atoms with Crippen molar-refractivity contribution in [2.75, 3.05) is 31.7 Å².